The fourth-order valence-corrected chi connectivity index (χ4v) is 3.89. The molecule has 0 aromatic heterocycles. The highest BCUT2D eigenvalue weighted by atomic mass is 35.5. The molecule has 1 rings (SSSR count). The molecule has 0 aromatic rings. The molecule has 0 unspecified atom stereocenters. The Morgan fingerprint density at radius 2 is 2.09 bits per heavy atom. The Bertz CT molecular complexity index is 487. The van der Waals surface area contributed by atoms with Crippen LogP contribution in [-0.2, 0) is 19.6 Å². The van der Waals surface area contributed by atoms with Gasteiger partial charge in [-0.15, -0.1) is 23.4 Å². The lowest BCUT2D eigenvalue weighted by molar-refractivity contribution is -0.138. The fraction of sp³-hybridized carbons (Fsp3) is 0.833. The Labute approximate surface area is 140 Å². The first-order chi connectivity index (χ1) is 10.4. The van der Waals surface area contributed by atoms with E-state index in [-0.39, 0.29) is 18.4 Å². The maximum atomic E-state index is 12.1. The van der Waals surface area contributed by atoms with Gasteiger partial charge in [0.1, 0.15) is 11.3 Å². The lowest BCUT2D eigenvalue weighted by Gasteiger charge is -2.22. The molecule has 2 amide bonds. The average molecular weight is 372 g/mol. The molecule has 0 radical (unpaired) electrons. The number of nitrogens with zero attached hydrogens (tertiary/aromatic N) is 1. The van der Waals surface area contributed by atoms with Gasteiger partial charge in [0.15, 0.2) is 0 Å². The minimum atomic E-state index is -3.42. The van der Waals surface area contributed by atoms with Crippen LogP contribution in [0.4, 0.5) is 0 Å². The van der Waals surface area contributed by atoms with Gasteiger partial charge >= 0.3 is 0 Å². The number of hydrogen-bond donors (Lipinski definition) is 2. The standard InChI is InChI=1S/C12H22ClN3O4S2/c1-2-4-11(17)16-9-21-7-10(16)12(18)14-5-3-6-15-22(19,20)8-13/h10,15H,2-9H2,1H3,(H,14,18)/t10-/m0/s1. The number of rotatable bonds is 9. The summed E-state index contributed by atoms with van der Waals surface area (Å²) in [4.78, 5) is 25.6. The van der Waals surface area contributed by atoms with Crippen LogP contribution in [-0.4, -0.2) is 61.1 Å². The first-order valence-corrected chi connectivity index (χ1v) is 10.4. The molecule has 0 bridgehead atoms. The first-order valence-electron chi connectivity index (χ1n) is 7.09. The van der Waals surface area contributed by atoms with E-state index in [0.717, 1.165) is 6.42 Å². The van der Waals surface area contributed by atoms with E-state index in [4.69, 9.17) is 11.6 Å². The molecule has 1 aliphatic rings. The molecule has 0 saturated carbocycles. The highest BCUT2D eigenvalue weighted by molar-refractivity contribution is 7.99. The molecule has 10 heteroatoms. The van der Waals surface area contributed by atoms with Crippen LogP contribution in [0.2, 0.25) is 0 Å². The molecular formula is C12H22ClN3O4S2. The third-order valence-corrected chi connectivity index (χ3v) is 5.89. The number of thioether (sulfide) groups is 1. The molecular weight excluding hydrogens is 350 g/mol. The highest BCUT2D eigenvalue weighted by Crippen LogP contribution is 2.22. The molecule has 1 aliphatic heterocycles. The molecule has 0 aromatic carbocycles. The molecule has 0 aliphatic carbocycles. The smallest absolute Gasteiger partial charge is 0.243 e. The predicted molar refractivity (Wildman–Crippen MR) is 88.1 cm³/mol. The van der Waals surface area contributed by atoms with Gasteiger partial charge < -0.3 is 10.2 Å². The van der Waals surface area contributed by atoms with Crippen LogP contribution in [0.5, 0.6) is 0 Å². The maximum absolute atomic E-state index is 12.1. The summed E-state index contributed by atoms with van der Waals surface area (Å²) >= 11 is 6.81. The first kappa shape index (κ1) is 19.5. The van der Waals surface area contributed by atoms with Crippen LogP contribution in [0.1, 0.15) is 26.2 Å². The molecule has 7 nitrogen and oxygen atoms in total. The number of hydrogen-bond acceptors (Lipinski definition) is 5. The number of amides is 2. The topological polar surface area (TPSA) is 95.6 Å². The van der Waals surface area contributed by atoms with Crippen molar-refractivity contribution in [3.8, 4) is 0 Å². The Balaban J connectivity index is 2.31. The van der Waals surface area contributed by atoms with Gasteiger partial charge in [-0.05, 0) is 12.8 Å². The lowest BCUT2D eigenvalue weighted by Crippen LogP contribution is -2.47. The second kappa shape index (κ2) is 9.59. The molecule has 22 heavy (non-hydrogen) atoms. The highest BCUT2D eigenvalue weighted by Gasteiger charge is 2.33. The van der Waals surface area contributed by atoms with Crippen molar-refractivity contribution in [3.63, 3.8) is 0 Å². The van der Waals surface area contributed by atoms with Gasteiger partial charge in [0.05, 0.1) is 5.88 Å². The Morgan fingerprint density at radius 3 is 2.73 bits per heavy atom. The van der Waals surface area contributed by atoms with E-state index in [1.807, 2.05) is 6.92 Å². The molecule has 1 heterocycles. The second-order valence-corrected chi connectivity index (χ2v) is 8.28. The van der Waals surface area contributed by atoms with Crippen molar-refractivity contribution in [2.24, 2.45) is 0 Å². The van der Waals surface area contributed by atoms with Gasteiger partial charge in [0.2, 0.25) is 21.8 Å². The Kier molecular flexibility index (Phi) is 8.52. The minimum Gasteiger partial charge on any atom is -0.354 e. The van der Waals surface area contributed by atoms with Crippen molar-refractivity contribution in [2.45, 2.75) is 32.2 Å². The van der Waals surface area contributed by atoms with E-state index >= 15 is 0 Å². The summed E-state index contributed by atoms with van der Waals surface area (Å²) in [5, 5.41) is 2.26. The largest absolute Gasteiger partial charge is 0.354 e. The molecule has 2 N–H and O–H groups in total. The number of halogens is 1. The molecule has 1 atom stereocenters. The Hall–Kier alpha value is -0.510. The zero-order valence-electron chi connectivity index (χ0n) is 12.5. The van der Waals surface area contributed by atoms with Crippen molar-refractivity contribution in [2.75, 3.05) is 29.9 Å². The summed E-state index contributed by atoms with van der Waals surface area (Å²) in [5.74, 6) is 0.962. The van der Waals surface area contributed by atoms with Crippen LogP contribution in [0.3, 0.4) is 0 Å². The summed E-state index contributed by atoms with van der Waals surface area (Å²) < 4.78 is 24.5. The summed E-state index contributed by atoms with van der Waals surface area (Å²) in [5.41, 5.74) is 0. The van der Waals surface area contributed by atoms with Gasteiger partial charge in [-0.1, -0.05) is 6.92 Å². The third-order valence-electron chi connectivity index (χ3n) is 3.09. The quantitative estimate of drug-likeness (QED) is 0.449. The van der Waals surface area contributed by atoms with Gasteiger partial charge in [-0.25, -0.2) is 13.1 Å². The van der Waals surface area contributed by atoms with Crippen LogP contribution in [0.15, 0.2) is 0 Å². The average Bonchev–Trinajstić information content (AvgIpc) is 2.96. The van der Waals surface area contributed by atoms with E-state index in [1.165, 1.54) is 0 Å². The normalized spacial score (nSPS) is 18.5. The van der Waals surface area contributed by atoms with Gasteiger partial charge in [-0.3, -0.25) is 9.59 Å². The van der Waals surface area contributed by atoms with E-state index in [0.29, 0.717) is 31.0 Å². The number of sulfonamides is 1. The second-order valence-electron chi connectivity index (χ2n) is 4.89. The lowest BCUT2D eigenvalue weighted by atomic mass is 10.2. The maximum Gasteiger partial charge on any atom is 0.243 e. The summed E-state index contributed by atoms with van der Waals surface area (Å²) in [6, 6.07) is -0.427. The molecule has 128 valence electrons. The zero-order valence-corrected chi connectivity index (χ0v) is 14.9. The van der Waals surface area contributed by atoms with Crippen molar-refractivity contribution in [3.05, 3.63) is 0 Å². The zero-order chi connectivity index (χ0) is 16.6. The number of alkyl halides is 1. The van der Waals surface area contributed by atoms with E-state index in [9.17, 15) is 18.0 Å². The third kappa shape index (κ3) is 6.31. The summed E-state index contributed by atoms with van der Waals surface area (Å²) in [7, 11) is -3.42. The Morgan fingerprint density at radius 1 is 1.36 bits per heavy atom. The van der Waals surface area contributed by atoms with Crippen molar-refractivity contribution in [1.82, 2.24) is 14.9 Å². The van der Waals surface area contributed by atoms with Gasteiger partial charge in [0.25, 0.3) is 0 Å². The van der Waals surface area contributed by atoms with Crippen molar-refractivity contribution >= 4 is 45.2 Å². The van der Waals surface area contributed by atoms with Crippen LogP contribution < -0.4 is 10.0 Å². The van der Waals surface area contributed by atoms with Crippen LogP contribution in [0, 0.1) is 0 Å². The van der Waals surface area contributed by atoms with E-state index < -0.39 is 21.3 Å². The van der Waals surface area contributed by atoms with E-state index in [1.54, 1.807) is 16.7 Å². The SMILES string of the molecule is CCCC(=O)N1CSC[C@H]1C(=O)NCCCNS(=O)(=O)CCl. The fourth-order valence-electron chi connectivity index (χ4n) is 1.95. The van der Waals surface area contributed by atoms with Crippen molar-refractivity contribution < 1.29 is 18.0 Å². The number of nitrogens with one attached hydrogen (secondary N) is 2. The number of carbonyl (C=O) groups is 2. The van der Waals surface area contributed by atoms with E-state index in [2.05, 4.69) is 10.0 Å². The van der Waals surface area contributed by atoms with Crippen molar-refractivity contribution in [1.29, 1.82) is 0 Å². The predicted octanol–water partition coefficient (Wildman–Crippen LogP) is 0.310. The molecule has 1 saturated heterocycles. The summed E-state index contributed by atoms with van der Waals surface area (Å²) in [6.07, 6.45) is 1.67. The van der Waals surface area contributed by atoms with Crippen LogP contribution >= 0.6 is 23.4 Å². The molecule has 0 spiro atoms. The van der Waals surface area contributed by atoms with Crippen LogP contribution in [0.25, 0.3) is 0 Å². The summed E-state index contributed by atoms with van der Waals surface area (Å²) in [6.45, 7) is 2.49. The van der Waals surface area contributed by atoms with Gasteiger partial charge in [-0.2, -0.15) is 0 Å². The minimum absolute atomic E-state index is 0.00234. The van der Waals surface area contributed by atoms with Gasteiger partial charge in [0, 0.05) is 25.3 Å². The molecule has 1 fully saturated rings. The number of carbonyl (C=O) groups excluding carboxylic acids is 2. The monoisotopic (exact) mass is 371 g/mol.